The van der Waals surface area contributed by atoms with Gasteiger partial charge in [0.15, 0.2) is 0 Å². The Kier molecular flexibility index (Phi) is 6.18. The van der Waals surface area contributed by atoms with Crippen LogP contribution in [0, 0.1) is 11.7 Å². The Balaban J connectivity index is 2.06. The van der Waals surface area contributed by atoms with Crippen LogP contribution in [-0.4, -0.2) is 30.4 Å². The van der Waals surface area contributed by atoms with Gasteiger partial charge >= 0.3 is 0 Å². The van der Waals surface area contributed by atoms with E-state index in [0.717, 1.165) is 38.8 Å². The molecule has 1 unspecified atom stereocenters. The Morgan fingerprint density at radius 3 is 2.90 bits per heavy atom. The second-order valence-electron chi connectivity index (χ2n) is 5.75. The lowest BCUT2D eigenvalue weighted by molar-refractivity contribution is -0.136. The first-order valence-corrected chi connectivity index (χ1v) is 7.95. The molecule has 1 amide bonds. The van der Waals surface area contributed by atoms with Crippen molar-refractivity contribution in [2.75, 3.05) is 19.6 Å². The molecule has 1 aliphatic heterocycles. The van der Waals surface area contributed by atoms with Crippen molar-refractivity contribution in [3.05, 3.63) is 35.6 Å². The Morgan fingerprint density at radius 1 is 1.43 bits per heavy atom. The molecule has 1 N–H and O–H groups in total. The SMILES string of the molecule is CCCCN(Cc1ccccc1F)C(=O)C1CCCNC1. The molecule has 0 aromatic heterocycles. The number of amides is 1. The van der Waals surface area contributed by atoms with Crippen molar-refractivity contribution < 1.29 is 9.18 Å². The minimum absolute atomic E-state index is 0.0439. The summed E-state index contributed by atoms with van der Waals surface area (Å²) in [5, 5.41) is 3.28. The van der Waals surface area contributed by atoms with Gasteiger partial charge in [-0.05, 0) is 31.9 Å². The van der Waals surface area contributed by atoms with Crippen molar-refractivity contribution in [3.8, 4) is 0 Å². The lowest BCUT2D eigenvalue weighted by atomic mass is 9.97. The van der Waals surface area contributed by atoms with E-state index in [9.17, 15) is 9.18 Å². The summed E-state index contributed by atoms with van der Waals surface area (Å²) >= 11 is 0. The Hall–Kier alpha value is -1.42. The number of nitrogens with one attached hydrogen (secondary N) is 1. The van der Waals surface area contributed by atoms with Gasteiger partial charge in [-0.15, -0.1) is 0 Å². The average molecular weight is 292 g/mol. The van der Waals surface area contributed by atoms with E-state index in [0.29, 0.717) is 18.7 Å². The third-order valence-electron chi connectivity index (χ3n) is 4.06. The minimum Gasteiger partial charge on any atom is -0.338 e. The molecule has 2 rings (SSSR count). The topological polar surface area (TPSA) is 32.3 Å². The van der Waals surface area contributed by atoms with Gasteiger partial charge in [0, 0.05) is 25.2 Å². The molecule has 116 valence electrons. The second-order valence-corrected chi connectivity index (χ2v) is 5.75. The van der Waals surface area contributed by atoms with Gasteiger partial charge in [-0.25, -0.2) is 4.39 Å². The van der Waals surface area contributed by atoms with Crippen LogP contribution in [0.25, 0.3) is 0 Å². The smallest absolute Gasteiger partial charge is 0.227 e. The number of benzene rings is 1. The van der Waals surface area contributed by atoms with Crippen LogP contribution in [0.15, 0.2) is 24.3 Å². The first-order valence-electron chi connectivity index (χ1n) is 7.95. The van der Waals surface area contributed by atoms with Crippen LogP contribution in [0.5, 0.6) is 0 Å². The highest BCUT2D eigenvalue weighted by molar-refractivity contribution is 5.79. The number of carbonyl (C=O) groups is 1. The molecule has 1 aromatic carbocycles. The monoisotopic (exact) mass is 292 g/mol. The van der Waals surface area contributed by atoms with Gasteiger partial charge in [-0.2, -0.15) is 0 Å². The number of unbranched alkanes of at least 4 members (excludes halogenated alkanes) is 1. The molecule has 0 radical (unpaired) electrons. The zero-order chi connectivity index (χ0) is 15.1. The molecule has 0 spiro atoms. The summed E-state index contributed by atoms with van der Waals surface area (Å²) in [5.74, 6) is -0.0187. The zero-order valence-corrected chi connectivity index (χ0v) is 12.8. The number of carbonyl (C=O) groups excluding carboxylic acids is 1. The second kappa shape index (κ2) is 8.13. The minimum atomic E-state index is -0.228. The molecule has 1 aromatic rings. The molecule has 0 bridgehead atoms. The molecular formula is C17H25FN2O. The summed E-state index contributed by atoms with van der Waals surface area (Å²) in [5.41, 5.74) is 0.603. The molecule has 0 saturated carbocycles. The van der Waals surface area contributed by atoms with E-state index in [1.165, 1.54) is 6.07 Å². The molecule has 4 heteroatoms. The molecule has 21 heavy (non-hydrogen) atoms. The van der Waals surface area contributed by atoms with E-state index < -0.39 is 0 Å². The fourth-order valence-corrected chi connectivity index (χ4v) is 2.77. The fourth-order valence-electron chi connectivity index (χ4n) is 2.77. The molecule has 1 aliphatic rings. The average Bonchev–Trinajstić information content (AvgIpc) is 2.53. The van der Waals surface area contributed by atoms with Crippen LogP contribution in [0.2, 0.25) is 0 Å². The Morgan fingerprint density at radius 2 is 2.24 bits per heavy atom. The highest BCUT2D eigenvalue weighted by Crippen LogP contribution is 2.17. The van der Waals surface area contributed by atoms with Crippen molar-refractivity contribution in [3.63, 3.8) is 0 Å². The maximum atomic E-state index is 13.8. The van der Waals surface area contributed by atoms with Crippen LogP contribution in [0.1, 0.15) is 38.2 Å². The molecule has 1 saturated heterocycles. The van der Waals surface area contributed by atoms with Crippen molar-refractivity contribution >= 4 is 5.91 Å². The van der Waals surface area contributed by atoms with E-state index in [2.05, 4.69) is 12.2 Å². The number of halogens is 1. The first-order chi connectivity index (χ1) is 10.2. The van der Waals surface area contributed by atoms with Gasteiger partial charge in [0.2, 0.25) is 5.91 Å². The summed E-state index contributed by atoms with van der Waals surface area (Å²) < 4.78 is 13.8. The third kappa shape index (κ3) is 4.53. The quantitative estimate of drug-likeness (QED) is 0.874. The van der Waals surface area contributed by atoms with E-state index in [1.807, 2.05) is 11.0 Å². The Bertz CT molecular complexity index is 458. The summed E-state index contributed by atoms with van der Waals surface area (Å²) in [6.07, 6.45) is 3.97. The van der Waals surface area contributed by atoms with Crippen LogP contribution in [0.4, 0.5) is 4.39 Å². The number of hydrogen-bond donors (Lipinski definition) is 1. The van der Waals surface area contributed by atoms with Gasteiger partial charge < -0.3 is 10.2 Å². The predicted molar refractivity (Wildman–Crippen MR) is 82.3 cm³/mol. The number of hydrogen-bond acceptors (Lipinski definition) is 2. The molecular weight excluding hydrogens is 267 g/mol. The standard InChI is InChI=1S/C17H25FN2O/c1-2-3-11-20(13-15-7-4-5-9-16(15)18)17(21)14-8-6-10-19-12-14/h4-5,7,9,14,19H,2-3,6,8,10-13H2,1H3. The molecule has 1 atom stereocenters. The number of nitrogens with zero attached hydrogens (tertiary/aromatic N) is 1. The van der Waals surface area contributed by atoms with Crippen molar-refractivity contribution in [2.45, 2.75) is 39.2 Å². The zero-order valence-electron chi connectivity index (χ0n) is 12.8. The van der Waals surface area contributed by atoms with Gasteiger partial charge in [-0.3, -0.25) is 4.79 Å². The highest BCUT2D eigenvalue weighted by Gasteiger charge is 2.26. The van der Waals surface area contributed by atoms with Crippen LogP contribution in [0.3, 0.4) is 0 Å². The maximum Gasteiger partial charge on any atom is 0.227 e. The van der Waals surface area contributed by atoms with Gasteiger partial charge in [0.25, 0.3) is 0 Å². The fraction of sp³-hybridized carbons (Fsp3) is 0.588. The summed E-state index contributed by atoms with van der Waals surface area (Å²) in [6.45, 7) is 4.93. The van der Waals surface area contributed by atoms with E-state index in [4.69, 9.17) is 0 Å². The van der Waals surface area contributed by atoms with Crippen LogP contribution < -0.4 is 5.32 Å². The lowest BCUT2D eigenvalue weighted by Crippen LogP contribution is -2.43. The predicted octanol–water partition coefficient (Wildman–Crippen LogP) is 2.95. The van der Waals surface area contributed by atoms with Crippen molar-refractivity contribution in [1.82, 2.24) is 10.2 Å². The summed E-state index contributed by atoms with van der Waals surface area (Å²) in [7, 11) is 0. The van der Waals surface area contributed by atoms with E-state index in [-0.39, 0.29) is 17.6 Å². The van der Waals surface area contributed by atoms with Gasteiger partial charge in [0.05, 0.1) is 5.92 Å². The normalized spacial score (nSPS) is 18.5. The summed E-state index contributed by atoms with van der Waals surface area (Å²) in [4.78, 5) is 14.5. The molecule has 1 heterocycles. The Labute approximate surface area is 126 Å². The van der Waals surface area contributed by atoms with Crippen LogP contribution in [-0.2, 0) is 11.3 Å². The number of rotatable bonds is 6. The molecule has 3 nitrogen and oxygen atoms in total. The van der Waals surface area contributed by atoms with Gasteiger partial charge in [0.1, 0.15) is 5.82 Å². The van der Waals surface area contributed by atoms with Crippen molar-refractivity contribution in [2.24, 2.45) is 5.92 Å². The first kappa shape index (κ1) is 16.0. The maximum absolute atomic E-state index is 13.8. The van der Waals surface area contributed by atoms with E-state index in [1.54, 1.807) is 12.1 Å². The molecule has 0 aliphatic carbocycles. The number of piperidine rings is 1. The highest BCUT2D eigenvalue weighted by atomic mass is 19.1. The van der Waals surface area contributed by atoms with E-state index >= 15 is 0 Å². The van der Waals surface area contributed by atoms with Crippen molar-refractivity contribution in [1.29, 1.82) is 0 Å². The lowest BCUT2D eigenvalue weighted by Gasteiger charge is -2.30. The largest absolute Gasteiger partial charge is 0.338 e. The molecule has 1 fully saturated rings. The van der Waals surface area contributed by atoms with Crippen LogP contribution >= 0.6 is 0 Å². The third-order valence-corrected chi connectivity index (χ3v) is 4.06. The summed E-state index contributed by atoms with van der Waals surface area (Å²) in [6, 6.07) is 6.73. The van der Waals surface area contributed by atoms with Gasteiger partial charge in [-0.1, -0.05) is 31.5 Å².